The molecule has 2 N–H and O–H groups in total. The van der Waals surface area contributed by atoms with Gasteiger partial charge in [0, 0.05) is 15.6 Å². The largest absolute Gasteiger partial charge is 0.488 e. The summed E-state index contributed by atoms with van der Waals surface area (Å²) < 4.78 is 0.824. The highest BCUT2D eigenvalue weighted by atomic mass is 127. The molecule has 1 aromatic carbocycles. The number of hydrogen-bond donors (Lipinski definition) is 2. The molecule has 0 aliphatic carbocycles. The van der Waals surface area contributed by atoms with E-state index >= 15 is 0 Å². The normalized spacial score (nSPS) is 10.0. The van der Waals surface area contributed by atoms with Crippen LogP contribution in [0.2, 0.25) is 0 Å². The fraction of sp³-hybridized carbons (Fsp3) is 0.222. The zero-order valence-corrected chi connectivity index (χ0v) is 9.85. The average molecular weight is 304 g/mol. The summed E-state index contributed by atoms with van der Waals surface area (Å²) in [5.41, 5.74) is 0.885. The van der Waals surface area contributed by atoms with Crippen LogP contribution in [0.5, 0.6) is 0 Å². The third-order valence-electron chi connectivity index (χ3n) is 1.86. The summed E-state index contributed by atoms with van der Waals surface area (Å²) in [7, 11) is -1.52. The van der Waals surface area contributed by atoms with Crippen molar-refractivity contribution >= 4 is 41.0 Å². The van der Waals surface area contributed by atoms with Crippen LogP contribution in [0, 0.1) is 3.57 Å². The summed E-state index contributed by atoms with van der Waals surface area (Å²) in [5, 5.41) is 17.9. The Kier molecular flexibility index (Phi) is 4.09. The van der Waals surface area contributed by atoms with Crippen LogP contribution in [-0.4, -0.2) is 22.9 Å². The van der Waals surface area contributed by atoms with E-state index in [1.807, 2.05) is 22.6 Å². The molecule has 0 saturated heterocycles. The Bertz CT molecular complexity index is 352. The molecule has 0 saturated carbocycles. The molecule has 0 radical (unpaired) electrons. The Morgan fingerprint density at radius 2 is 2.07 bits per heavy atom. The highest BCUT2D eigenvalue weighted by Gasteiger charge is 2.14. The lowest BCUT2D eigenvalue weighted by atomic mass is 9.79. The maximum absolute atomic E-state index is 11.4. The number of ketones is 1. The summed E-state index contributed by atoms with van der Waals surface area (Å²) >= 11 is 2.04. The zero-order valence-electron chi connectivity index (χ0n) is 7.70. The number of Topliss-reactive ketones (excluding diaryl/α,β-unsaturated/α-hetero) is 1. The van der Waals surface area contributed by atoms with Crippen molar-refractivity contribution in [3.63, 3.8) is 0 Å². The van der Waals surface area contributed by atoms with E-state index in [1.165, 1.54) is 6.07 Å². The van der Waals surface area contributed by atoms with Crippen molar-refractivity contribution in [2.75, 3.05) is 0 Å². The van der Waals surface area contributed by atoms with E-state index < -0.39 is 7.12 Å². The first-order valence-electron chi connectivity index (χ1n) is 4.24. The molecule has 74 valence electrons. The third-order valence-corrected chi connectivity index (χ3v) is 2.48. The molecule has 0 bridgehead atoms. The number of halogens is 1. The van der Waals surface area contributed by atoms with E-state index in [2.05, 4.69) is 0 Å². The summed E-state index contributed by atoms with van der Waals surface area (Å²) in [4.78, 5) is 11.4. The molecule has 3 nitrogen and oxygen atoms in total. The molecule has 14 heavy (non-hydrogen) atoms. The molecule has 0 aliphatic rings. The predicted octanol–water partition coefficient (Wildman–Crippen LogP) is 0.564. The van der Waals surface area contributed by atoms with Crippen molar-refractivity contribution in [3.05, 3.63) is 27.3 Å². The number of benzene rings is 1. The van der Waals surface area contributed by atoms with Gasteiger partial charge in [-0.05, 0) is 40.2 Å². The molecule has 0 aliphatic heterocycles. The van der Waals surface area contributed by atoms with Gasteiger partial charge in [0.25, 0.3) is 0 Å². The zero-order chi connectivity index (χ0) is 10.7. The van der Waals surface area contributed by atoms with Gasteiger partial charge in [0.05, 0.1) is 0 Å². The second-order valence-electron chi connectivity index (χ2n) is 2.92. The first-order chi connectivity index (χ1) is 6.54. The Morgan fingerprint density at radius 3 is 2.57 bits per heavy atom. The lowest BCUT2D eigenvalue weighted by Gasteiger charge is -2.04. The van der Waals surface area contributed by atoms with Gasteiger partial charge in [0.15, 0.2) is 5.78 Å². The Hall–Kier alpha value is -0.395. The van der Waals surface area contributed by atoms with Crippen molar-refractivity contribution in [3.8, 4) is 0 Å². The summed E-state index contributed by atoms with van der Waals surface area (Å²) in [6.45, 7) is 1.78. The van der Waals surface area contributed by atoms with Gasteiger partial charge in [-0.2, -0.15) is 0 Å². The summed E-state index contributed by atoms with van der Waals surface area (Å²) in [6, 6.07) is 4.88. The third kappa shape index (κ3) is 2.80. The molecule has 0 atom stereocenters. The molecular formula is C9H10BIO3. The number of carbonyl (C=O) groups is 1. The molecule has 0 unspecified atom stereocenters. The van der Waals surface area contributed by atoms with Gasteiger partial charge in [0.2, 0.25) is 0 Å². The maximum Gasteiger partial charge on any atom is 0.488 e. The van der Waals surface area contributed by atoms with Crippen molar-refractivity contribution in [1.29, 1.82) is 0 Å². The fourth-order valence-electron chi connectivity index (χ4n) is 1.13. The average Bonchev–Trinajstić information content (AvgIpc) is 2.15. The van der Waals surface area contributed by atoms with Crippen LogP contribution in [0.25, 0.3) is 0 Å². The lowest BCUT2D eigenvalue weighted by Crippen LogP contribution is -2.30. The minimum absolute atomic E-state index is 0.00501. The second-order valence-corrected chi connectivity index (χ2v) is 4.17. The highest BCUT2D eigenvalue weighted by molar-refractivity contribution is 14.1. The number of hydrogen-bond acceptors (Lipinski definition) is 3. The lowest BCUT2D eigenvalue weighted by molar-refractivity contribution is 0.0988. The van der Waals surface area contributed by atoms with Crippen LogP contribution in [0.3, 0.4) is 0 Å². The topological polar surface area (TPSA) is 57.5 Å². The van der Waals surface area contributed by atoms with Gasteiger partial charge in [-0.1, -0.05) is 13.0 Å². The van der Waals surface area contributed by atoms with E-state index in [0.717, 1.165) is 3.57 Å². The molecular weight excluding hydrogens is 294 g/mol. The van der Waals surface area contributed by atoms with Gasteiger partial charge in [-0.3, -0.25) is 4.79 Å². The monoisotopic (exact) mass is 304 g/mol. The van der Waals surface area contributed by atoms with Crippen molar-refractivity contribution in [2.24, 2.45) is 0 Å². The van der Waals surface area contributed by atoms with E-state index in [1.54, 1.807) is 19.1 Å². The summed E-state index contributed by atoms with van der Waals surface area (Å²) in [6.07, 6.45) is 0.418. The van der Waals surface area contributed by atoms with Gasteiger partial charge < -0.3 is 10.0 Å². The molecule has 0 heterocycles. The Morgan fingerprint density at radius 1 is 1.43 bits per heavy atom. The van der Waals surface area contributed by atoms with Gasteiger partial charge >= 0.3 is 7.12 Å². The number of rotatable bonds is 3. The van der Waals surface area contributed by atoms with Gasteiger partial charge in [-0.25, -0.2) is 0 Å². The van der Waals surface area contributed by atoms with Crippen LogP contribution in [0.1, 0.15) is 23.7 Å². The minimum Gasteiger partial charge on any atom is -0.423 e. The van der Waals surface area contributed by atoms with E-state index in [9.17, 15) is 4.79 Å². The quantitative estimate of drug-likeness (QED) is 0.487. The van der Waals surface area contributed by atoms with E-state index in [0.29, 0.717) is 17.4 Å². The SMILES string of the molecule is CCC(=O)c1cc(I)cc(B(O)O)c1. The second kappa shape index (κ2) is 4.90. The molecule has 1 rings (SSSR count). The maximum atomic E-state index is 11.4. The summed E-state index contributed by atoms with van der Waals surface area (Å²) in [5.74, 6) is 0.00501. The molecule has 5 heteroatoms. The standard InChI is InChI=1S/C9H10BIO3/c1-2-9(12)6-3-7(10(13)14)5-8(11)4-6/h3-5,13-14H,2H2,1H3. The fourth-order valence-corrected chi connectivity index (χ4v) is 1.82. The minimum atomic E-state index is -1.52. The van der Waals surface area contributed by atoms with Crippen LogP contribution in [-0.2, 0) is 0 Å². The van der Waals surface area contributed by atoms with Crippen LogP contribution in [0.4, 0.5) is 0 Å². The molecule has 0 spiro atoms. The van der Waals surface area contributed by atoms with Gasteiger partial charge in [0.1, 0.15) is 0 Å². The smallest absolute Gasteiger partial charge is 0.423 e. The molecule has 0 amide bonds. The van der Waals surface area contributed by atoms with Crippen LogP contribution < -0.4 is 5.46 Å². The van der Waals surface area contributed by atoms with E-state index in [-0.39, 0.29) is 5.78 Å². The van der Waals surface area contributed by atoms with Crippen LogP contribution >= 0.6 is 22.6 Å². The first-order valence-corrected chi connectivity index (χ1v) is 5.32. The Balaban J connectivity index is 3.13. The van der Waals surface area contributed by atoms with Crippen molar-refractivity contribution in [1.82, 2.24) is 0 Å². The Labute approximate surface area is 96.4 Å². The molecule has 0 aromatic heterocycles. The predicted molar refractivity (Wildman–Crippen MR) is 63.6 cm³/mol. The van der Waals surface area contributed by atoms with Crippen molar-refractivity contribution < 1.29 is 14.8 Å². The highest BCUT2D eigenvalue weighted by Crippen LogP contribution is 2.08. The van der Waals surface area contributed by atoms with Crippen molar-refractivity contribution in [2.45, 2.75) is 13.3 Å². The van der Waals surface area contributed by atoms with Gasteiger partial charge in [-0.15, -0.1) is 0 Å². The molecule has 1 aromatic rings. The van der Waals surface area contributed by atoms with E-state index in [4.69, 9.17) is 10.0 Å². The number of carbonyl (C=O) groups excluding carboxylic acids is 1. The van der Waals surface area contributed by atoms with Crippen LogP contribution in [0.15, 0.2) is 18.2 Å². The first kappa shape index (κ1) is 11.7. The molecule has 0 fully saturated rings.